The minimum Gasteiger partial charge on any atom is -0.632 e. The van der Waals surface area contributed by atoms with Gasteiger partial charge in [-0.1, -0.05) is 6.07 Å². The van der Waals surface area contributed by atoms with E-state index >= 15 is 0 Å². The van der Waals surface area contributed by atoms with Crippen LogP contribution in [0, 0.1) is 11.1 Å². The van der Waals surface area contributed by atoms with Crippen molar-refractivity contribution < 1.29 is 24.4 Å². The summed E-state index contributed by atoms with van der Waals surface area (Å²) >= 11 is 0. The van der Waals surface area contributed by atoms with E-state index in [4.69, 9.17) is 4.74 Å². The van der Waals surface area contributed by atoms with E-state index in [1.165, 1.54) is 0 Å². The Morgan fingerprint density at radius 3 is 2.81 bits per heavy atom. The Labute approximate surface area is 163 Å². The summed E-state index contributed by atoms with van der Waals surface area (Å²) in [4.78, 5) is 12.7. The number of quaternary nitrogens is 1. The van der Waals surface area contributed by atoms with E-state index < -0.39 is 23.2 Å². The van der Waals surface area contributed by atoms with Crippen LogP contribution in [0.1, 0.15) is 43.2 Å². The topological polar surface area (TPSA) is 89.8 Å². The molecule has 1 aromatic rings. The number of ether oxygens (including phenoxy) is 1. The number of hydrogen-bond donors (Lipinski definition) is 2. The van der Waals surface area contributed by atoms with Gasteiger partial charge in [0.1, 0.15) is 11.6 Å². The molecule has 3 aliphatic carbocycles. The normalized spacial score (nSPS) is 43.6. The minimum absolute atomic E-state index is 0. The Morgan fingerprint density at radius 2 is 2.07 bits per heavy atom. The van der Waals surface area contributed by atoms with E-state index in [-0.39, 0.29) is 35.0 Å². The average Bonchev–Trinajstić information content (AvgIpc) is 3.32. The van der Waals surface area contributed by atoms with Gasteiger partial charge < -0.3 is 24.8 Å². The van der Waals surface area contributed by atoms with Crippen LogP contribution in [0.3, 0.4) is 0 Å². The van der Waals surface area contributed by atoms with Crippen LogP contribution >= 0.6 is 12.4 Å². The van der Waals surface area contributed by atoms with Crippen LogP contribution in [0.25, 0.3) is 0 Å². The van der Waals surface area contributed by atoms with Crippen LogP contribution in [0.15, 0.2) is 12.1 Å². The Bertz CT molecular complexity index is 857. The molecule has 2 aliphatic heterocycles. The Hall–Kier alpha value is -1.34. The number of rotatable bonds is 2. The first kappa shape index (κ1) is 17.7. The third-order valence-electron chi connectivity index (χ3n) is 7.85. The lowest BCUT2D eigenvalue weighted by Crippen LogP contribution is -2.80. The fourth-order valence-electron chi connectivity index (χ4n) is 6.54. The van der Waals surface area contributed by atoms with E-state index in [9.17, 15) is 20.2 Å². The minimum atomic E-state index is -1.24. The molecule has 27 heavy (non-hydrogen) atoms. The number of ketones is 1. The molecule has 5 atom stereocenters. The monoisotopic (exact) mass is 393 g/mol. The van der Waals surface area contributed by atoms with Crippen LogP contribution in [0.5, 0.6) is 11.5 Å². The summed E-state index contributed by atoms with van der Waals surface area (Å²) in [6.07, 6.45) is 2.91. The molecule has 0 amide bonds. The summed E-state index contributed by atoms with van der Waals surface area (Å²) < 4.78 is 5.63. The molecule has 7 heteroatoms. The van der Waals surface area contributed by atoms with E-state index in [0.29, 0.717) is 44.0 Å². The highest BCUT2D eigenvalue weighted by atomic mass is 35.5. The van der Waals surface area contributed by atoms with Gasteiger partial charge in [0.25, 0.3) is 0 Å². The molecular weight excluding hydrogens is 370 g/mol. The van der Waals surface area contributed by atoms with Gasteiger partial charge in [0.15, 0.2) is 23.4 Å². The zero-order chi connectivity index (χ0) is 17.9. The van der Waals surface area contributed by atoms with Crippen molar-refractivity contribution in [3.8, 4) is 11.5 Å². The number of carbonyl (C=O) groups excluding carboxylic acids is 1. The molecule has 5 aliphatic rings. The van der Waals surface area contributed by atoms with Crippen LogP contribution in [-0.2, 0) is 16.6 Å². The van der Waals surface area contributed by atoms with Gasteiger partial charge in [-0.25, -0.2) is 0 Å². The average molecular weight is 394 g/mol. The fourth-order valence-corrected chi connectivity index (χ4v) is 6.54. The molecule has 1 aromatic carbocycles. The highest BCUT2D eigenvalue weighted by Gasteiger charge is 2.76. The third-order valence-corrected chi connectivity index (χ3v) is 7.85. The van der Waals surface area contributed by atoms with Gasteiger partial charge in [-0.3, -0.25) is 4.79 Å². The molecular formula is C20H24ClNO5. The predicted octanol–water partition coefficient (Wildman–Crippen LogP) is 1.96. The maximum Gasteiger partial charge on any atom is 0.174 e. The fraction of sp³-hybridized carbons (Fsp3) is 0.650. The molecule has 2 bridgehead atoms. The van der Waals surface area contributed by atoms with Crippen molar-refractivity contribution in [1.82, 2.24) is 0 Å². The van der Waals surface area contributed by atoms with Crippen molar-refractivity contribution in [2.24, 2.45) is 5.92 Å². The van der Waals surface area contributed by atoms with Crippen molar-refractivity contribution in [3.63, 3.8) is 0 Å². The van der Waals surface area contributed by atoms with Crippen LogP contribution in [0.2, 0.25) is 0 Å². The first-order chi connectivity index (χ1) is 12.4. The quantitative estimate of drug-likeness (QED) is 0.592. The maximum absolute atomic E-state index is 13.9. The number of hydroxylamine groups is 3. The predicted molar refractivity (Wildman–Crippen MR) is 98.8 cm³/mol. The number of Topliss-reactive ketones (excluding diaryl/α,β-unsaturated/α-hetero) is 1. The largest absolute Gasteiger partial charge is 0.632 e. The Morgan fingerprint density at radius 1 is 1.30 bits per heavy atom. The highest BCUT2D eigenvalue weighted by Crippen LogP contribution is 2.66. The molecule has 3 fully saturated rings. The number of piperidine rings is 1. The van der Waals surface area contributed by atoms with Gasteiger partial charge in [0.2, 0.25) is 0 Å². The van der Waals surface area contributed by atoms with Crippen LogP contribution in [0.4, 0.5) is 0 Å². The summed E-state index contributed by atoms with van der Waals surface area (Å²) in [7, 11) is 0. The number of phenolic OH excluding ortho intramolecular Hbond substituents is 1. The summed E-state index contributed by atoms with van der Waals surface area (Å²) in [5.41, 5.74) is -0.359. The highest BCUT2D eigenvalue weighted by molar-refractivity contribution is 5.90. The summed E-state index contributed by atoms with van der Waals surface area (Å²) in [5, 5.41) is 36.1. The second kappa shape index (κ2) is 5.17. The number of aliphatic hydroxyl groups is 1. The van der Waals surface area contributed by atoms with E-state index in [0.717, 1.165) is 24.0 Å². The SMILES string of the molecule is Cl.O=C1CC[C@@]2(O)[C@H]3Cc4ccc(O)c5c4[C@@]2(CC[N+]3([O-])CC2CC2)[C@H]1O5. The van der Waals surface area contributed by atoms with Crippen molar-refractivity contribution in [2.75, 3.05) is 13.1 Å². The number of phenols is 1. The lowest BCUT2D eigenvalue weighted by atomic mass is 9.49. The molecule has 6 nitrogen and oxygen atoms in total. The zero-order valence-electron chi connectivity index (χ0n) is 15.0. The van der Waals surface area contributed by atoms with E-state index in [1.54, 1.807) is 6.07 Å². The van der Waals surface area contributed by atoms with Crippen molar-refractivity contribution in [3.05, 3.63) is 28.5 Å². The number of halogens is 1. The lowest BCUT2D eigenvalue weighted by Gasteiger charge is -2.67. The number of nitrogens with zero attached hydrogens (tertiary/aromatic N) is 1. The van der Waals surface area contributed by atoms with Gasteiger partial charge in [-0.2, -0.15) is 0 Å². The van der Waals surface area contributed by atoms with E-state index in [2.05, 4.69) is 0 Å². The maximum atomic E-state index is 13.9. The molecule has 0 aromatic heterocycles. The molecule has 1 spiro atoms. The Kier molecular flexibility index (Phi) is 3.40. The molecule has 2 N–H and O–H groups in total. The molecule has 1 unspecified atom stereocenters. The van der Waals surface area contributed by atoms with Gasteiger partial charge in [0.05, 0.1) is 18.5 Å². The first-order valence-electron chi connectivity index (χ1n) is 9.74. The molecule has 2 saturated carbocycles. The molecule has 6 rings (SSSR count). The van der Waals surface area contributed by atoms with Crippen LogP contribution in [-0.4, -0.2) is 51.5 Å². The van der Waals surface area contributed by atoms with Gasteiger partial charge in [0, 0.05) is 30.7 Å². The number of benzene rings is 1. The summed E-state index contributed by atoms with van der Waals surface area (Å²) in [6.45, 7) is 0.980. The number of likely N-dealkylation sites (tertiary alicyclic amines) is 1. The van der Waals surface area contributed by atoms with Gasteiger partial charge >= 0.3 is 0 Å². The van der Waals surface area contributed by atoms with Crippen LogP contribution < -0.4 is 4.74 Å². The third kappa shape index (κ3) is 1.90. The zero-order valence-corrected chi connectivity index (χ0v) is 15.8. The second-order valence-electron chi connectivity index (χ2n) is 9.08. The lowest BCUT2D eigenvalue weighted by molar-refractivity contribution is -0.923. The number of aromatic hydroxyl groups is 1. The van der Waals surface area contributed by atoms with Crippen molar-refractivity contribution >= 4 is 18.2 Å². The van der Waals surface area contributed by atoms with Crippen molar-refractivity contribution in [1.29, 1.82) is 0 Å². The van der Waals surface area contributed by atoms with Crippen molar-refractivity contribution in [2.45, 2.75) is 61.7 Å². The summed E-state index contributed by atoms with van der Waals surface area (Å²) in [6, 6.07) is 2.98. The molecule has 1 saturated heterocycles. The number of hydrogen-bond acceptors (Lipinski definition) is 5. The van der Waals surface area contributed by atoms with E-state index in [1.807, 2.05) is 6.07 Å². The van der Waals surface area contributed by atoms with Gasteiger partial charge in [-0.15, -0.1) is 12.4 Å². The van der Waals surface area contributed by atoms with Gasteiger partial charge in [-0.05, 0) is 30.9 Å². The molecule has 0 radical (unpaired) electrons. The standard InChI is InChI=1S/C20H23NO5.ClH/c22-13-4-3-12-9-15-20(24)6-5-14(23)18-19(20,16(12)17(13)26-18)7-8-21(15,25)10-11-1-2-11;/h3-4,11,15,18,22,24H,1-2,5-10H2;1H/t15-,18+,19+,20-,21?;/m1./s1. The molecule has 146 valence electrons. The number of carbonyl (C=O) groups is 1. The summed E-state index contributed by atoms with van der Waals surface area (Å²) in [5.74, 6) is 0.827. The molecule has 2 heterocycles. The smallest absolute Gasteiger partial charge is 0.174 e. The second-order valence-corrected chi connectivity index (χ2v) is 9.08. The Balaban J connectivity index is 0.00000160. The first-order valence-corrected chi connectivity index (χ1v) is 9.74.